The number of benzene rings is 3. The first-order valence-corrected chi connectivity index (χ1v) is 10.1. The largest absolute Gasteiger partial charge is 0.460 e. The molecule has 168 valence electrons. The minimum absolute atomic E-state index is 0.0450. The number of carbonyl (C=O) groups is 4. The number of anilines is 1. The lowest BCUT2D eigenvalue weighted by Gasteiger charge is -2.11. The van der Waals surface area contributed by atoms with Crippen LogP contribution in [-0.4, -0.2) is 30.3 Å². The lowest BCUT2D eigenvalue weighted by molar-refractivity contribution is -0.143. The number of esters is 2. The van der Waals surface area contributed by atoms with Gasteiger partial charge in [0.15, 0.2) is 0 Å². The second-order valence-electron chi connectivity index (χ2n) is 6.97. The first-order valence-electron chi connectivity index (χ1n) is 10.1. The van der Waals surface area contributed by atoms with Crippen LogP contribution in [0.1, 0.15) is 33.2 Å². The second kappa shape index (κ2) is 11.2. The highest BCUT2D eigenvalue weighted by atomic mass is 16.5. The number of ether oxygens (including phenoxy) is 2. The van der Waals surface area contributed by atoms with Gasteiger partial charge in [0, 0.05) is 12.6 Å². The van der Waals surface area contributed by atoms with Crippen LogP contribution in [0.25, 0.3) is 0 Å². The van der Waals surface area contributed by atoms with E-state index in [1.165, 1.54) is 31.2 Å². The highest BCUT2D eigenvalue weighted by Gasteiger charge is 2.17. The summed E-state index contributed by atoms with van der Waals surface area (Å²) in [6.45, 7) is 1.15. The fourth-order valence-electron chi connectivity index (χ4n) is 2.83. The average molecular weight is 446 g/mol. The zero-order valence-electron chi connectivity index (χ0n) is 17.9. The monoisotopic (exact) mass is 446 g/mol. The number of nitrogens with one attached hydrogen (secondary N) is 2. The zero-order valence-corrected chi connectivity index (χ0v) is 17.9. The van der Waals surface area contributed by atoms with Gasteiger partial charge >= 0.3 is 11.9 Å². The van der Waals surface area contributed by atoms with Crippen LogP contribution in [0.4, 0.5) is 5.69 Å². The predicted molar refractivity (Wildman–Crippen MR) is 121 cm³/mol. The van der Waals surface area contributed by atoms with Gasteiger partial charge in [0.25, 0.3) is 5.91 Å². The van der Waals surface area contributed by atoms with Gasteiger partial charge in [-0.3, -0.25) is 14.4 Å². The van der Waals surface area contributed by atoms with E-state index >= 15 is 0 Å². The summed E-state index contributed by atoms with van der Waals surface area (Å²) in [7, 11) is 0. The van der Waals surface area contributed by atoms with Crippen molar-refractivity contribution in [3.63, 3.8) is 0 Å². The summed E-state index contributed by atoms with van der Waals surface area (Å²) < 4.78 is 10.5. The Morgan fingerprint density at radius 3 is 2.18 bits per heavy atom. The number of carbonyl (C=O) groups excluding carboxylic acids is 4. The average Bonchev–Trinajstić information content (AvgIpc) is 2.82. The van der Waals surface area contributed by atoms with Crippen LogP contribution >= 0.6 is 0 Å². The number of hydrogen-bond donors (Lipinski definition) is 2. The maximum absolute atomic E-state index is 12.6. The van der Waals surface area contributed by atoms with Crippen LogP contribution in [-0.2, 0) is 20.9 Å². The zero-order chi connectivity index (χ0) is 23.6. The van der Waals surface area contributed by atoms with Crippen LogP contribution in [0.2, 0.25) is 0 Å². The molecule has 2 amide bonds. The van der Waals surface area contributed by atoms with Gasteiger partial charge in [-0.15, -0.1) is 0 Å². The number of amides is 2. The molecule has 0 saturated carbocycles. The maximum atomic E-state index is 12.6. The number of rotatable bonds is 8. The molecule has 0 heterocycles. The van der Waals surface area contributed by atoms with Crippen molar-refractivity contribution < 1.29 is 28.7 Å². The Kier molecular flexibility index (Phi) is 7.91. The number of para-hydroxylation sites is 1. The first kappa shape index (κ1) is 23.2. The quantitative estimate of drug-likeness (QED) is 0.406. The molecule has 2 N–H and O–H groups in total. The highest BCUT2D eigenvalue weighted by molar-refractivity contribution is 6.00. The molecule has 0 aliphatic carbocycles. The Bertz CT molecular complexity index is 1140. The van der Waals surface area contributed by atoms with Crippen LogP contribution < -0.4 is 15.4 Å². The van der Waals surface area contributed by atoms with E-state index in [-0.39, 0.29) is 35.9 Å². The van der Waals surface area contributed by atoms with Gasteiger partial charge in [0.2, 0.25) is 5.91 Å². The van der Waals surface area contributed by atoms with Crippen molar-refractivity contribution in [2.24, 2.45) is 0 Å². The normalized spacial score (nSPS) is 10.1. The van der Waals surface area contributed by atoms with E-state index in [4.69, 9.17) is 9.47 Å². The third-order valence-electron chi connectivity index (χ3n) is 4.41. The second-order valence-corrected chi connectivity index (χ2v) is 6.97. The summed E-state index contributed by atoms with van der Waals surface area (Å²) in [5.74, 6) is -2.04. The third-order valence-corrected chi connectivity index (χ3v) is 4.41. The molecule has 0 fully saturated rings. The Labute approximate surface area is 190 Å². The van der Waals surface area contributed by atoms with Crippen molar-refractivity contribution in [3.05, 3.63) is 95.6 Å². The molecule has 0 aliphatic heterocycles. The van der Waals surface area contributed by atoms with E-state index < -0.39 is 17.8 Å². The predicted octanol–water partition coefficient (Wildman–Crippen LogP) is 3.34. The Morgan fingerprint density at radius 2 is 1.48 bits per heavy atom. The van der Waals surface area contributed by atoms with Crippen molar-refractivity contribution >= 4 is 29.4 Å². The summed E-state index contributed by atoms with van der Waals surface area (Å²) in [6, 6.07) is 21.5. The smallest absolute Gasteiger partial charge is 0.343 e. The molecule has 0 bridgehead atoms. The Balaban J connectivity index is 1.57. The van der Waals surface area contributed by atoms with Crippen molar-refractivity contribution in [1.29, 1.82) is 0 Å². The van der Waals surface area contributed by atoms with E-state index in [0.29, 0.717) is 5.69 Å². The molecule has 33 heavy (non-hydrogen) atoms. The number of hydrogen-bond acceptors (Lipinski definition) is 6. The standard InChI is InChI=1S/C25H22N2O6/c1-17(28)27-20-13-11-19(12-14-20)25(31)33-22-10-6-5-9-21(22)24(30)26-15-23(29)32-16-18-7-3-2-4-8-18/h2-14H,15-16H2,1H3,(H,26,30)(H,27,28). The van der Waals surface area contributed by atoms with Gasteiger partial charge < -0.3 is 20.1 Å². The van der Waals surface area contributed by atoms with E-state index in [2.05, 4.69) is 10.6 Å². The summed E-state index contributed by atoms with van der Waals surface area (Å²) in [4.78, 5) is 48.1. The summed E-state index contributed by atoms with van der Waals surface area (Å²) in [5, 5.41) is 5.07. The van der Waals surface area contributed by atoms with Gasteiger partial charge in [-0.05, 0) is 42.0 Å². The minimum atomic E-state index is -0.674. The topological polar surface area (TPSA) is 111 Å². The Hall–Kier alpha value is -4.46. The summed E-state index contributed by atoms with van der Waals surface area (Å²) >= 11 is 0. The lowest BCUT2D eigenvalue weighted by Crippen LogP contribution is -2.31. The van der Waals surface area contributed by atoms with Crippen LogP contribution in [0.3, 0.4) is 0 Å². The van der Waals surface area contributed by atoms with Crippen LogP contribution in [0.15, 0.2) is 78.9 Å². The molecule has 3 rings (SSSR count). The van der Waals surface area contributed by atoms with Gasteiger partial charge in [0.1, 0.15) is 18.9 Å². The molecule has 3 aromatic carbocycles. The van der Waals surface area contributed by atoms with Crippen LogP contribution in [0.5, 0.6) is 5.75 Å². The molecular weight excluding hydrogens is 424 g/mol. The Morgan fingerprint density at radius 1 is 0.818 bits per heavy atom. The SMILES string of the molecule is CC(=O)Nc1ccc(C(=O)Oc2ccccc2C(=O)NCC(=O)OCc2ccccc2)cc1. The fraction of sp³-hybridized carbons (Fsp3) is 0.120. The van der Waals surface area contributed by atoms with Gasteiger partial charge in [-0.2, -0.15) is 0 Å². The van der Waals surface area contributed by atoms with Crippen molar-refractivity contribution in [1.82, 2.24) is 5.32 Å². The van der Waals surface area contributed by atoms with Gasteiger partial charge in [-0.1, -0.05) is 42.5 Å². The maximum Gasteiger partial charge on any atom is 0.343 e. The molecular formula is C25H22N2O6. The van der Waals surface area contributed by atoms with E-state index in [1.807, 2.05) is 30.3 Å². The molecule has 0 unspecified atom stereocenters. The molecule has 0 saturated heterocycles. The van der Waals surface area contributed by atoms with Gasteiger partial charge in [-0.25, -0.2) is 4.79 Å². The molecule has 0 aliphatic rings. The van der Waals surface area contributed by atoms with E-state index in [1.54, 1.807) is 24.3 Å². The van der Waals surface area contributed by atoms with Crippen molar-refractivity contribution in [2.75, 3.05) is 11.9 Å². The van der Waals surface area contributed by atoms with Crippen molar-refractivity contribution in [2.45, 2.75) is 13.5 Å². The third kappa shape index (κ3) is 7.03. The molecule has 0 spiro atoms. The summed E-state index contributed by atoms with van der Waals surface area (Å²) in [6.07, 6.45) is 0. The molecule has 0 radical (unpaired) electrons. The molecule has 0 aromatic heterocycles. The minimum Gasteiger partial charge on any atom is -0.460 e. The van der Waals surface area contributed by atoms with Gasteiger partial charge in [0.05, 0.1) is 11.1 Å². The molecule has 8 nitrogen and oxygen atoms in total. The van der Waals surface area contributed by atoms with Crippen molar-refractivity contribution in [3.8, 4) is 5.75 Å². The molecule has 3 aromatic rings. The first-order chi connectivity index (χ1) is 15.9. The lowest BCUT2D eigenvalue weighted by atomic mass is 10.1. The highest BCUT2D eigenvalue weighted by Crippen LogP contribution is 2.20. The van der Waals surface area contributed by atoms with E-state index in [9.17, 15) is 19.2 Å². The molecule has 0 atom stereocenters. The molecule has 8 heteroatoms. The van der Waals surface area contributed by atoms with E-state index in [0.717, 1.165) is 5.56 Å². The summed E-state index contributed by atoms with van der Waals surface area (Å²) in [5.41, 5.74) is 1.71. The van der Waals surface area contributed by atoms with Crippen LogP contribution in [0, 0.1) is 0 Å². The fourth-order valence-corrected chi connectivity index (χ4v) is 2.83.